The number of fused-ring (bicyclic) bond motifs is 2. The second-order valence-electron chi connectivity index (χ2n) is 9.06. The molecule has 0 radical (unpaired) electrons. The van der Waals surface area contributed by atoms with Gasteiger partial charge >= 0.3 is 7.60 Å². The topological polar surface area (TPSA) is 60.4 Å². The molecule has 4 aromatic rings. The second-order valence-corrected chi connectivity index (χ2v) is 12.1. The lowest BCUT2D eigenvalue weighted by molar-refractivity contribution is 0.270. The molecule has 2 heterocycles. The quantitative estimate of drug-likeness (QED) is 0.191. The SMILES string of the molecule is COP(=O)(OC)C1=CSC2=NC(c3ccccc3)=CC(c3c(OCc4ccccc4)ccc4ccccc34)N12.Cl. The van der Waals surface area contributed by atoms with Crippen molar-refractivity contribution in [2.75, 3.05) is 14.2 Å². The first-order valence-electron chi connectivity index (χ1n) is 12.5. The van der Waals surface area contributed by atoms with E-state index in [0.717, 1.165) is 38.9 Å². The molecule has 2 aliphatic heterocycles. The summed E-state index contributed by atoms with van der Waals surface area (Å²) in [6.45, 7) is 0.418. The van der Waals surface area contributed by atoms with E-state index in [1.165, 1.54) is 26.0 Å². The normalized spacial score (nSPS) is 16.5. The van der Waals surface area contributed by atoms with Gasteiger partial charge in [-0.2, -0.15) is 0 Å². The molecule has 0 bridgehead atoms. The first kappa shape index (κ1) is 28.2. The van der Waals surface area contributed by atoms with Crippen molar-refractivity contribution in [2.45, 2.75) is 12.6 Å². The van der Waals surface area contributed by atoms with Crippen LogP contribution in [0.3, 0.4) is 0 Å². The number of ether oxygens (including phenoxy) is 1. The van der Waals surface area contributed by atoms with E-state index in [9.17, 15) is 4.57 Å². The van der Waals surface area contributed by atoms with Crippen molar-refractivity contribution >= 4 is 53.4 Å². The molecule has 0 N–H and O–H groups in total. The van der Waals surface area contributed by atoms with Crippen molar-refractivity contribution in [1.82, 2.24) is 4.90 Å². The van der Waals surface area contributed by atoms with E-state index in [0.29, 0.717) is 17.2 Å². The van der Waals surface area contributed by atoms with E-state index >= 15 is 0 Å². The number of halogens is 1. The third kappa shape index (κ3) is 5.24. The Morgan fingerprint density at radius 1 is 0.875 bits per heavy atom. The van der Waals surface area contributed by atoms with Crippen molar-refractivity contribution in [1.29, 1.82) is 0 Å². The summed E-state index contributed by atoms with van der Waals surface area (Å²) in [6.07, 6.45) is 2.10. The molecule has 40 heavy (non-hydrogen) atoms. The third-order valence-electron chi connectivity index (χ3n) is 6.83. The Kier molecular flexibility index (Phi) is 8.50. The van der Waals surface area contributed by atoms with Gasteiger partial charge in [-0.25, -0.2) is 4.99 Å². The van der Waals surface area contributed by atoms with Crippen LogP contribution in [0, 0.1) is 0 Å². The Hall–Kier alpha value is -3.32. The van der Waals surface area contributed by atoms with Crippen LogP contribution in [0.5, 0.6) is 5.75 Å². The first-order chi connectivity index (χ1) is 19.1. The van der Waals surface area contributed by atoms with Gasteiger partial charge in [0.2, 0.25) is 0 Å². The van der Waals surface area contributed by atoms with Gasteiger partial charge in [-0.3, -0.25) is 4.57 Å². The van der Waals surface area contributed by atoms with Gasteiger partial charge in [0.25, 0.3) is 0 Å². The molecule has 1 unspecified atom stereocenters. The Labute approximate surface area is 244 Å². The average Bonchev–Trinajstić information content (AvgIpc) is 3.45. The van der Waals surface area contributed by atoms with Crippen molar-refractivity contribution < 1.29 is 18.3 Å². The lowest BCUT2D eigenvalue weighted by Crippen LogP contribution is -2.31. The first-order valence-corrected chi connectivity index (χ1v) is 15.0. The lowest BCUT2D eigenvalue weighted by Gasteiger charge is -2.36. The summed E-state index contributed by atoms with van der Waals surface area (Å²) in [5.41, 5.74) is 4.31. The van der Waals surface area contributed by atoms with E-state index in [1.54, 1.807) is 0 Å². The minimum absolute atomic E-state index is 0. The highest BCUT2D eigenvalue weighted by molar-refractivity contribution is 8.16. The molecule has 0 saturated heterocycles. The van der Waals surface area contributed by atoms with Crippen molar-refractivity contribution in [3.05, 3.63) is 131 Å². The average molecular weight is 591 g/mol. The monoisotopic (exact) mass is 590 g/mol. The number of thioether (sulfide) groups is 1. The molecule has 204 valence electrons. The fourth-order valence-corrected chi connectivity index (χ4v) is 7.45. The Morgan fingerprint density at radius 3 is 2.27 bits per heavy atom. The number of nitrogens with zero attached hydrogens (tertiary/aromatic N) is 2. The van der Waals surface area contributed by atoms with Gasteiger partial charge in [0.1, 0.15) is 17.8 Å². The summed E-state index contributed by atoms with van der Waals surface area (Å²) in [5.74, 6) is 0.744. The minimum atomic E-state index is -3.59. The fraction of sp³-hybridized carbons (Fsp3) is 0.129. The van der Waals surface area contributed by atoms with Gasteiger partial charge in [0.15, 0.2) is 5.17 Å². The minimum Gasteiger partial charge on any atom is -0.489 e. The largest absolute Gasteiger partial charge is 0.489 e. The van der Waals surface area contributed by atoms with Gasteiger partial charge in [0, 0.05) is 25.2 Å². The zero-order valence-electron chi connectivity index (χ0n) is 22.0. The van der Waals surface area contributed by atoms with Crippen LogP contribution in [0.1, 0.15) is 22.7 Å². The smallest absolute Gasteiger partial charge is 0.377 e. The van der Waals surface area contributed by atoms with Crippen LogP contribution in [0.2, 0.25) is 0 Å². The highest BCUT2D eigenvalue weighted by Gasteiger charge is 2.44. The summed E-state index contributed by atoms with van der Waals surface area (Å²) in [5, 5.41) is 4.64. The van der Waals surface area contributed by atoms with Crippen LogP contribution >= 0.6 is 31.8 Å². The molecule has 2 aliphatic rings. The number of rotatable bonds is 8. The molecule has 4 aromatic carbocycles. The maximum atomic E-state index is 13.7. The Bertz CT molecular complexity index is 1650. The van der Waals surface area contributed by atoms with Gasteiger partial charge < -0.3 is 18.7 Å². The number of hydrogen-bond donors (Lipinski definition) is 0. The maximum Gasteiger partial charge on any atom is 0.377 e. The standard InChI is InChI=1S/C31H27N2O4PS.ClH/c1-35-38(34,36-2)29-21-39-31-32-26(24-14-7-4-8-15-24)19-27(33(29)31)30-25-16-10-9-13-23(25)17-18-28(30)37-20-22-11-5-3-6-12-22;/h3-19,21,27H,20H2,1-2H3;1H. The molecule has 6 nitrogen and oxygen atoms in total. The molecule has 0 saturated carbocycles. The van der Waals surface area contributed by atoms with E-state index in [4.69, 9.17) is 18.8 Å². The Balaban J connectivity index is 0.00000323. The molecule has 1 atom stereocenters. The fourth-order valence-electron chi connectivity index (χ4n) is 4.91. The van der Waals surface area contributed by atoms with Crippen LogP contribution in [0.25, 0.3) is 16.5 Å². The van der Waals surface area contributed by atoms with Crippen molar-refractivity contribution in [2.24, 2.45) is 4.99 Å². The zero-order chi connectivity index (χ0) is 26.8. The summed E-state index contributed by atoms with van der Waals surface area (Å²) < 4.78 is 31.1. The van der Waals surface area contributed by atoms with Crippen molar-refractivity contribution in [3.63, 3.8) is 0 Å². The number of hydrogen-bond acceptors (Lipinski definition) is 7. The lowest BCUT2D eigenvalue weighted by atomic mass is 9.94. The van der Waals surface area contributed by atoms with E-state index in [1.807, 2.05) is 89.2 Å². The summed E-state index contributed by atoms with van der Waals surface area (Å²) in [6, 6.07) is 32.1. The highest BCUT2D eigenvalue weighted by atomic mass is 35.5. The van der Waals surface area contributed by atoms with Gasteiger partial charge in [-0.1, -0.05) is 103 Å². The summed E-state index contributed by atoms with van der Waals surface area (Å²) in [4.78, 5) is 6.93. The predicted octanol–water partition coefficient (Wildman–Crippen LogP) is 8.63. The maximum absolute atomic E-state index is 13.7. The van der Waals surface area contributed by atoms with Crippen molar-refractivity contribution in [3.8, 4) is 5.75 Å². The molecular weight excluding hydrogens is 563 g/mol. The van der Waals surface area contributed by atoms with Gasteiger partial charge in [0.05, 0.1) is 11.7 Å². The third-order valence-corrected chi connectivity index (χ3v) is 9.71. The molecule has 0 aliphatic carbocycles. The zero-order valence-corrected chi connectivity index (χ0v) is 24.5. The van der Waals surface area contributed by atoms with E-state index in [2.05, 4.69) is 24.3 Å². The molecular formula is C31H28ClN2O4PS. The number of aliphatic imine (C=N–C) groups is 1. The van der Waals surface area contributed by atoms with Crippen LogP contribution in [-0.2, 0) is 20.2 Å². The molecule has 0 spiro atoms. The predicted molar refractivity (Wildman–Crippen MR) is 166 cm³/mol. The van der Waals surface area contributed by atoms with Gasteiger partial charge in [-0.15, -0.1) is 12.4 Å². The Morgan fingerprint density at radius 2 is 1.55 bits per heavy atom. The van der Waals surface area contributed by atoms with Crippen LogP contribution in [0.15, 0.2) is 119 Å². The molecule has 0 amide bonds. The second kappa shape index (κ2) is 12.0. The molecule has 0 aromatic heterocycles. The highest BCUT2D eigenvalue weighted by Crippen LogP contribution is 2.62. The van der Waals surface area contributed by atoms with E-state index in [-0.39, 0.29) is 18.4 Å². The number of amidine groups is 1. The molecule has 9 heteroatoms. The van der Waals surface area contributed by atoms with Crippen LogP contribution < -0.4 is 4.74 Å². The number of benzene rings is 4. The van der Waals surface area contributed by atoms with Crippen LogP contribution in [-0.4, -0.2) is 24.3 Å². The molecule has 0 fully saturated rings. The summed E-state index contributed by atoms with van der Waals surface area (Å²) >= 11 is 1.41. The summed E-state index contributed by atoms with van der Waals surface area (Å²) in [7, 11) is -0.783. The van der Waals surface area contributed by atoms with E-state index < -0.39 is 7.60 Å². The molecule has 6 rings (SSSR count). The van der Waals surface area contributed by atoms with Gasteiger partial charge in [-0.05, 0) is 34.0 Å². The van der Waals surface area contributed by atoms with Crippen LogP contribution in [0.4, 0.5) is 0 Å².